The van der Waals surface area contributed by atoms with Crippen molar-refractivity contribution in [2.45, 2.75) is 115 Å². The van der Waals surface area contributed by atoms with Crippen LogP contribution < -0.4 is 11.5 Å². The zero-order chi connectivity index (χ0) is 18.8. The zero-order valence-corrected chi connectivity index (χ0v) is 16.1. The van der Waals surface area contributed by atoms with Crippen molar-refractivity contribution in [3.05, 3.63) is 0 Å². The van der Waals surface area contributed by atoms with Crippen LogP contribution in [0.15, 0.2) is 0 Å². The van der Waals surface area contributed by atoms with Gasteiger partial charge in [0.25, 0.3) is 0 Å². The molecule has 25 heavy (non-hydrogen) atoms. The Morgan fingerprint density at radius 3 is 1.40 bits per heavy atom. The largest absolute Gasteiger partial charge is 0.393 e. The Kier molecular flexibility index (Phi) is 17.9. The number of hydrogen-bond acceptors (Lipinski definition) is 5. The summed E-state index contributed by atoms with van der Waals surface area (Å²) in [5.41, 5.74) is 11.0. The number of carbonyl (C=O) groups is 1. The molecule has 0 aromatic heterocycles. The van der Waals surface area contributed by atoms with Crippen molar-refractivity contribution in [3.8, 4) is 0 Å². The fourth-order valence-corrected chi connectivity index (χ4v) is 3.07. The highest BCUT2D eigenvalue weighted by Crippen LogP contribution is 2.14. The van der Waals surface area contributed by atoms with Crippen molar-refractivity contribution in [2.24, 2.45) is 11.5 Å². The van der Waals surface area contributed by atoms with E-state index in [-0.39, 0.29) is 11.9 Å². The van der Waals surface area contributed by atoms with Crippen molar-refractivity contribution in [3.63, 3.8) is 0 Å². The van der Waals surface area contributed by atoms with E-state index in [0.29, 0.717) is 6.42 Å². The quantitative estimate of drug-likeness (QED) is 0.209. The highest BCUT2D eigenvalue weighted by atomic mass is 16.3. The maximum Gasteiger partial charge on any atom is 0.163 e. The molecule has 0 saturated heterocycles. The summed E-state index contributed by atoms with van der Waals surface area (Å²) in [6, 6.07) is 0. The summed E-state index contributed by atoms with van der Waals surface area (Å²) in [5, 5.41) is 17.8. The Labute approximate surface area is 154 Å². The first-order valence-electron chi connectivity index (χ1n) is 10.4. The second-order valence-electron chi connectivity index (χ2n) is 7.32. The van der Waals surface area contributed by atoms with Crippen LogP contribution in [0.1, 0.15) is 103 Å². The predicted octanol–water partition coefficient (Wildman–Crippen LogP) is 3.39. The van der Waals surface area contributed by atoms with Gasteiger partial charge in [-0.3, -0.25) is 4.79 Å². The molecule has 0 aromatic carbocycles. The number of hydrogen-bond donors (Lipinski definition) is 4. The second-order valence-corrected chi connectivity index (χ2v) is 7.32. The number of carbonyl (C=O) groups excluding carboxylic acids is 1. The zero-order valence-electron chi connectivity index (χ0n) is 16.1. The van der Waals surface area contributed by atoms with Crippen molar-refractivity contribution < 1.29 is 15.0 Å². The predicted molar refractivity (Wildman–Crippen MR) is 104 cm³/mol. The number of unbranched alkanes of at least 4 members (excludes halogenated alkanes) is 13. The second kappa shape index (κ2) is 18.3. The van der Waals surface area contributed by atoms with E-state index in [4.69, 9.17) is 21.7 Å². The van der Waals surface area contributed by atoms with Gasteiger partial charge in [-0.25, -0.2) is 0 Å². The molecule has 0 spiro atoms. The molecule has 0 aromatic rings. The fraction of sp³-hybridized carbons (Fsp3) is 0.950. The minimum absolute atomic E-state index is 0.137. The molecule has 0 aliphatic rings. The first kappa shape index (κ1) is 24.5. The average Bonchev–Trinajstić information content (AvgIpc) is 2.60. The van der Waals surface area contributed by atoms with Crippen LogP contribution in [0.5, 0.6) is 0 Å². The first-order valence-corrected chi connectivity index (χ1v) is 10.4. The molecule has 0 bridgehead atoms. The molecule has 0 fully saturated rings. The van der Waals surface area contributed by atoms with Gasteiger partial charge in [-0.05, 0) is 12.8 Å². The number of aliphatic hydroxyl groups excluding tert-OH is 2. The van der Waals surface area contributed by atoms with Crippen molar-refractivity contribution in [2.75, 3.05) is 6.61 Å². The summed E-state index contributed by atoms with van der Waals surface area (Å²) >= 11 is 0. The third-order valence-electron chi connectivity index (χ3n) is 4.76. The van der Waals surface area contributed by atoms with Crippen LogP contribution in [0.25, 0.3) is 0 Å². The molecule has 5 nitrogen and oxygen atoms in total. The van der Waals surface area contributed by atoms with Gasteiger partial charge < -0.3 is 21.7 Å². The molecule has 0 heterocycles. The summed E-state index contributed by atoms with van der Waals surface area (Å²) in [4.78, 5) is 11.3. The fourth-order valence-electron chi connectivity index (χ4n) is 3.07. The van der Waals surface area contributed by atoms with E-state index in [1.807, 2.05) is 0 Å². The van der Waals surface area contributed by atoms with Crippen molar-refractivity contribution in [1.29, 1.82) is 0 Å². The molecule has 1 atom stereocenters. The summed E-state index contributed by atoms with van der Waals surface area (Å²) in [6.07, 6.45) is 17.3. The molecule has 5 heteroatoms. The lowest BCUT2D eigenvalue weighted by Gasteiger charge is -2.06. The topological polar surface area (TPSA) is 110 Å². The Morgan fingerprint density at radius 1 is 0.680 bits per heavy atom. The molecule has 150 valence electrons. The first-order chi connectivity index (χ1) is 12.1. The van der Waals surface area contributed by atoms with Crippen LogP contribution in [0, 0.1) is 0 Å². The lowest BCUT2D eigenvalue weighted by Crippen LogP contribution is -2.29. The molecule has 0 radical (unpaired) electrons. The van der Waals surface area contributed by atoms with Gasteiger partial charge in [0.2, 0.25) is 0 Å². The van der Waals surface area contributed by atoms with E-state index in [9.17, 15) is 4.79 Å². The van der Waals surface area contributed by atoms with Crippen LogP contribution in [-0.2, 0) is 4.79 Å². The van der Waals surface area contributed by atoms with Crippen LogP contribution in [0.3, 0.4) is 0 Å². The van der Waals surface area contributed by atoms with E-state index in [1.165, 1.54) is 64.2 Å². The van der Waals surface area contributed by atoms with Gasteiger partial charge in [0.15, 0.2) is 5.78 Å². The third kappa shape index (κ3) is 18.1. The average molecular weight is 359 g/mol. The van der Waals surface area contributed by atoms with Gasteiger partial charge >= 0.3 is 0 Å². The Bertz CT molecular complexity index is 299. The number of Topliss-reactive ketones (excluding diaryl/α,β-unsaturated/α-hetero) is 1. The molecule has 1 unspecified atom stereocenters. The number of aliphatic hydroxyl groups is 2. The highest BCUT2D eigenvalue weighted by Gasteiger charge is 2.12. The minimum Gasteiger partial charge on any atom is -0.393 e. The minimum atomic E-state index is -1.18. The molecule has 0 aliphatic carbocycles. The van der Waals surface area contributed by atoms with Crippen LogP contribution >= 0.6 is 0 Å². The van der Waals surface area contributed by atoms with Crippen LogP contribution in [0.4, 0.5) is 0 Å². The van der Waals surface area contributed by atoms with Crippen molar-refractivity contribution in [1.82, 2.24) is 0 Å². The SMILES string of the molecule is NC(N)CCCCCCCCCCCCCCCCC(=O)C(O)CO. The summed E-state index contributed by atoms with van der Waals surface area (Å²) < 4.78 is 0. The summed E-state index contributed by atoms with van der Waals surface area (Å²) in [7, 11) is 0. The van der Waals surface area contributed by atoms with E-state index < -0.39 is 12.7 Å². The lowest BCUT2D eigenvalue weighted by atomic mass is 10.0. The molecule has 0 rings (SSSR count). The molecule has 0 saturated carbocycles. The van der Waals surface area contributed by atoms with E-state index >= 15 is 0 Å². The summed E-state index contributed by atoms with van der Waals surface area (Å²) in [6.45, 7) is -0.457. The van der Waals surface area contributed by atoms with Crippen LogP contribution in [0.2, 0.25) is 0 Å². The van der Waals surface area contributed by atoms with E-state index in [2.05, 4.69) is 0 Å². The standard InChI is InChI=1S/C20H42N2O3/c21-20(22)16-14-12-10-8-6-4-2-1-3-5-7-9-11-13-15-18(24)19(25)17-23/h19-20,23,25H,1-17,21-22H2. The maximum atomic E-state index is 11.3. The van der Waals surface area contributed by atoms with Gasteiger partial charge in [0, 0.05) is 6.42 Å². The smallest absolute Gasteiger partial charge is 0.163 e. The van der Waals surface area contributed by atoms with Gasteiger partial charge in [-0.1, -0.05) is 83.5 Å². The number of nitrogens with two attached hydrogens (primary N) is 2. The monoisotopic (exact) mass is 358 g/mol. The van der Waals surface area contributed by atoms with E-state index in [1.54, 1.807) is 0 Å². The Morgan fingerprint density at radius 2 is 1.04 bits per heavy atom. The van der Waals surface area contributed by atoms with Crippen LogP contribution in [-0.4, -0.2) is 34.9 Å². The Hall–Kier alpha value is -0.490. The lowest BCUT2D eigenvalue weighted by molar-refractivity contribution is -0.129. The molecular weight excluding hydrogens is 316 g/mol. The molecular formula is C20H42N2O3. The number of ketones is 1. The van der Waals surface area contributed by atoms with Crippen molar-refractivity contribution >= 4 is 5.78 Å². The molecule has 0 aliphatic heterocycles. The Balaban J connectivity index is 3.11. The van der Waals surface area contributed by atoms with Gasteiger partial charge in [0.05, 0.1) is 12.8 Å². The molecule has 6 N–H and O–H groups in total. The van der Waals surface area contributed by atoms with E-state index in [0.717, 1.165) is 32.1 Å². The summed E-state index contributed by atoms with van der Waals surface area (Å²) in [5.74, 6) is -0.231. The highest BCUT2D eigenvalue weighted by molar-refractivity contribution is 5.82. The number of rotatable bonds is 19. The van der Waals surface area contributed by atoms with Gasteiger partial charge in [0.1, 0.15) is 6.10 Å². The third-order valence-corrected chi connectivity index (χ3v) is 4.76. The molecule has 0 amide bonds. The van der Waals surface area contributed by atoms with Gasteiger partial charge in [-0.15, -0.1) is 0 Å². The normalized spacial score (nSPS) is 12.7. The van der Waals surface area contributed by atoms with Gasteiger partial charge in [-0.2, -0.15) is 0 Å². The maximum absolute atomic E-state index is 11.3.